The second kappa shape index (κ2) is 20.2. The van der Waals surface area contributed by atoms with Crippen molar-refractivity contribution >= 4 is 0 Å². The fourth-order valence-corrected chi connectivity index (χ4v) is 0. The zero-order valence-electron chi connectivity index (χ0n) is 3.11. The maximum absolute atomic E-state index is 3.49. The van der Waals surface area contributed by atoms with Crippen molar-refractivity contribution in [3.63, 3.8) is 0 Å². The maximum atomic E-state index is 3.49. The first-order valence-corrected chi connectivity index (χ1v) is 1.21. The van der Waals surface area contributed by atoms with Crippen molar-refractivity contribution in [2.24, 2.45) is 0 Å². The van der Waals surface area contributed by atoms with Gasteiger partial charge in [-0.1, -0.05) is 6.92 Å². The van der Waals surface area contributed by atoms with Gasteiger partial charge in [0.25, 0.3) is 0 Å². The molecule has 0 aromatic carbocycles. The molecule has 0 radical (unpaired) electrons. The van der Waals surface area contributed by atoms with E-state index in [0.717, 1.165) is 6.42 Å². The first-order valence-electron chi connectivity index (χ1n) is 1.21. The fourth-order valence-electron chi connectivity index (χ4n) is 0. The molecule has 0 rings (SSSR count). The summed E-state index contributed by atoms with van der Waals surface area (Å²) in [5.41, 5.74) is 0. The van der Waals surface area contributed by atoms with E-state index in [0.29, 0.717) is 0 Å². The van der Waals surface area contributed by atoms with Gasteiger partial charge in [0.1, 0.15) is 0 Å². The van der Waals surface area contributed by atoms with Gasteiger partial charge >= 0.3 is 16.5 Å². The van der Waals surface area contributed by atoms with Crippen LogP contribution in [0.4, 0.5) is 0 Å². The average molecular weight is 182 g/mol. The molecular formula is C3H7BrNi. The molecule has 0 N–H and O–H groups in total. The number of rotatable bonds is 0. The summed E-state index contributed by atoms with van der Waals surface area (Å²) in [6.45, 7) is 5.50. The van der Waals surface area contributed by atoms with Gasteiger partial charge in [0.15, 0.2) is 0 Å². The van der Waals surface area contributed by atoms with Crippen molar-refractivity contribution in [3.05, 3.63) is 6.92 Å². The summed E-state index contributed by atoms with van der Waals surface area (Å²) in [4.78, 5) is 0. The summed E-state index contributed by atoms with van der Waals surface area (Å²) in [6, 6.07) is 0. The van der Waals surface area contributed by atoms with Crippen LogP contribution in [0.2, 0.25) is 0 Å². The van der Waals surface area contributed by atoms with Crippen LogP contribution in [-0.2, 0) is 16.5 Å². The molecule has 0 fully saturated rings. The van der Waals surface area contributed by atoms with Gasteiger partial charge in [-0.3, -0.25) is 0 Å². The van der Waals surface area contributed by atoms with Crippen LogP contribution >= 0.6 is 0 Å². The number of halogens is 1. The first-order chi connectivity index (χ1) is 1.41. The third kappa shape index (κ3) is 46.4. The normalized spacial score (nSPS) is 3.60. The Kier molecular flexibility index (Phi) is 67.4. The van der Waals surface area contributed by atoms with E-state index in [1.165, 1.54) is 0 Å². The van der Waals surface area contributed by atoms with E-state index in [-0.39, 0.29) is 33.5 Å². The molecular weight excluding hydrogens is 175 g/mol. The molecule has 5 heavy (non-hydrogen) atoms. The van der Waals surface area contributed by atoms with E-state index >= 15 is 0 Å². The summed E-state index contributed by atoms with van der Waals surface area (Å²) >= 11 is 0. The van der Waals surface area contributed by atoms with Crippen LogP contribution in [-0.4, -0.2) is 0 Å². The molecule has 36 valence electrons. The fraction of sp³-hybridized carbons (Fsp3) is 0.667. The van der Waals surface area contributed by atoms with Crippen LogP contribution in [0.15, 0.2) is 0 Å². The Morgan fingerprint density at radius 3 is 1.60 bits per heavy atom. The van der Waals surface area contributed by atoms with Gasteiger partial charge in [0.2, 0.25) is 0 Å². The third-order valence-corrected chi connectivity index (χ3v) is 0. The number of hydrogen-bond acceptors (Lipinski definition) is 0. The molecule has 0 nitrogen and oxygen atoms in total. The first kappa shape index (κ1) is 16.7. The molecule has 0 heterocycles. The van der Waals surface area contributed by atoms with Gasteiger partial charge in [0.05, 0.1) is 0 Å². The molecule has 0 amide bonds. The van der Waals surface area contributed by atoms with E-state index in [1.54, 1.807) is 0 Å². The van der Waals surface area contributed by atoms with Gasteiger partial charge in [-0.05, 0) is 0 Å². The Bertz CT molecular complexity index is 6.85. The van der Waals surface area contributed by atoms with Crippen LogP contribution in [0.1, 0.15) is 13.3 Å². The number of hydrogen-bond donors (Lipinski definition) is 0. The van der Waals surface area contributed by atoms with E-state index in [4.69, 9.17) is 0 Å². The van der Waals surface area contributed by atoms with Gasteiger partial charge in [-0.15, -0.1) is 0 Å². The van der Waals surface area contributed by atoms with Gasteiger partial charge in [0, 0.05) is 0 Å². The van der Waals surface area contributed by atoms with Crippen molar-refractivity contribution < 1.29 is 33.5 Å². The minimum absolute atomic E-state index is 0. The minimum Gasteiger partial charge on any atom is -1.00 e. The topological polar surface area (TPSA) is 0 Å². The SMILES string of the molecule is [Br-].[CH2-]CC.[Ni+2]. The van der Waals surface area contributed by atoms with E-state index in [2.05, 4.69) is 6.92 Å². The molecule has 0 aliphatic heterocycles. The molecule has 0 aromatic heterocycles. The molecule has 0 atom stereocenters. The van der Waals surface area contributed by atoms with Crippen molar-refractivity contribution in [1.29, 1.82) is 0 Å². The predicted octanol–water partition coefficient (Wildman–Crippen LogP) is -1.77. The maximum Gasteiger partial charge on any atom is 2.00 e. The molecule has 0 aromatic rings. The third-order valence-electron chi connectivity index (χ3n) is 0. The van der Waals surface area contributed by atoms with Crippen LogP contribution in [0.5, 0.6) is 0 Å². The van der Waals surface area contributed by atoms with Gasteiger partial charge < -0.3 is 23.9 Å². The van der Waals surface area contributed by atoms with E-state index in [1.807, 2.05) is 6.92 Å². The molecule has 0 saturated carbocycles. The summed E-state index contributed by atoms with van der Waals surface area (Å²) in [5, 5.41) is 0. The smallest absolute Gasteiger partial charge is 1.00 e. The monoisotopic (exact) mass is 180 g/mol. The van der Waals surface area contributed by atoms with Crippen LogP contribution in [0.25, 0.3) is 0 Å². The Labute approximate surface area is 54.0 Å². The quantitative estimate of drug-likeness (QED) is 0.307. The van der Waals surface area contributed by atoms with Crippen LogP contribution in [0, 0.1) is 6.92 Å². The van der Waals surface area contributed by atoms with Gasteiger partial charge in [-0.2, -0.15) is 6.42 Å². The summed E-state index contributed by atoms with van der Waals surface area (Å²) < 4.78 is 0. The Morgan fingerprint density at radius 2 is 1.60 bits per heavy atom. The summed E-state index contributed by atoms with van der Waals surface area (Å²) in [6.07, 6.45) is 1.00. The molecule has 0 aliphatic carbocycles. The second-order valence-corrected chi connectivity index (χ2v) is 0.500. The van der Waals surface area contributed by atoms with E-state index < -0.39 is 0 Å². The van der Waals surface area contributed by atoms with Crippen molar-refractivity contribution in [2.45, 2.75) is 13.3 Å². The predicted molar refractivity (Wildman–Crippen MR) is 15.6 cm³/mol. The molecule has 0 spiro atoms. The van der Waals surface area contributed by atoms with Crippen molar-refractivity contribution in [1.82, 2.24) is 0 Å². The van der Waals surface area contributed by atoms with Crippen LogP contribution < -0.4 is 17.0 Å². The average Bonchev–Trinajstić information content (AvgIpc) is 0.918. The van der Waals surface area contributed by atoms with Crippen molar-refractivity contribution in [2.75, 3.05) is 0 Å². The Hall–Kier alpha value is 0.974. The molecule has 2 heteroatoms. The van der Waals surface area contributed by atoms with Crippen LogP contribution in [0.3, 0.4) is 0 Å². The Balaban J connectivity index is -0.0000000200. The van der Waals surface area contributed by atoms with Crippen molar-refractivity contribution in [3.8, 4) is 0 Å². The summed E-state index contributed by atoms with van der Waals surface area (Å²) in [7, 11) is 0. The van der Waals surface area contributed by atoms with Gasteiger partial charge in [-0.25, -0.2) is 0 Å². The molecule has 0 aliphatic rings. The summed E-state index contributed by atoms with van der Waals surface area (Å²) in [5.74, 6) is 0. The molecule has 0 saturated heterocycles. The van der Waals surface area contributed by atoms with E-state index in [9.17, 15) is 0 Å². The largest absolute Gasteiger partial charge is 2.00 e. The zero-order valence-corrected chi connectivity index (χ0v) is 5.68. The molecule has 0 unspecified atom stereocenters. The Morgan fingerprint density at radius 1 is 1.60 bits per heavy atom. The standard InChI is InChI=1S/C3H7.BrH.Ni/c1-3-2;;/h1,3H2,2H3;1H;/q-1;;+2/p-1. The zero-order chi connectivity index (χ0) is 2.71. The molecule has 0 bridgehead atoms. The minimum atomic E-state index is 0. The second-order valence-electron chi connectivity index (χ2n) is 0.500.